The molecule has 0 spiro atoms. The maximum Gasteiger partial charge on any atom is 0.0871 e. The first-order valence-corrected chi connectivity index (χ1v) is 4.79. The quantitative estimate of drug-likeness (QED) is 0.596. The average Bonchev–Trinajstić information content (AvgIpc) is 2.77. The molecule has 2 heterocycles. The highest BCUT2D eigenvalue weighted by atomic mass is 15.4. The fraction of sp³-hybridized carbons (Fsp3) is 0. The molecular formula is C12H9N3. The summed E-state index contributed by atoms with van der Waals surface area (Å²) in [5.74, 6) is 0. The number of hydrogen-bond donors (Lipinski definition) is 0. The monoisotopic (exact) mass is 195 g/mol. The molecule has 0 saturated carbocycles. The molecule has 0 unspecified atom stereocenters. The van der Waals surface area contributed by atoms with Gasteiger partial charge in [-0.2, -0.15) is 0 Å². The molecule has 0 N–H and O–H groups in total. The highest BCUT2D eigenvalue weighted by Crippen LogP contribution is 2.19. The van der Waals surface area contributed by atoms with Crippen LogP contribution < -0.4 is 0 Å². The van der Waals surface area contributed by atoms with Crippen molar-refractivity contribution in [2.24, 2.45) is 0 Å². The van der Waals surface area contributed by atoms with E-state index in [0.29, 0.717) is 0 Å². The van der Waals surface area contributed by atoms with Crippen LogP contribution in [0.1, 0.15) is 0 Å². The summed E-state index contributed by atoms with van der Waals surface area (Å²) in [7, 11) is 0. The Bertz CT molecular complexity index is 584. The number of rotatable bonds is 1. The van der Waals surface area contributed by atoms with Crippen molar-refractivity contribution < 1.29 is 0 Å². The van der Waals surface area contributed by atoms with Gasteiger partial charge in [-0.25, -0.2) is 4.52 Å². The Kier molecular flexibility index (Phi) is 1.75. The van der Waals surface area contributed by atoms with Crippen LogP contribution in [0, 0.1) is 0 Å². The van der Waals surface area contributed by atoms with Crippen LogP contribution in [0.15, 0.2) is 54.9 Å². The van der Waals surface area contributed by atoms with Crippen LogP contribution in [0.4, 0.5) is 0 Å². The second kappa shape index (κ2) is 3.20. The Morgan fingerprint density at radius 1 is 0.933 bits per heavy atom. The van der Waals surface area contributed by atoms with Crippen molar-refractivity contribution in [1.82, 2.24) is 14.8 Å². The number of hydrogen-bond acceptors (Lipinski definition) is 2. The first-order chi connectivity index (χ1) is 7.43. The third kappa shape index (κ3) is 1.38. The van der Waals surface area contributed by atoms with Crippen LogP contribution in [0.2, 0.25) is 0 Å². The summed E-state index contributed by atoms with van der Waals surface area (Å²) in [5, 5.41) is 7.77. The first-order valence-electron chi connectivity index (χ1n) is 4.79. The molecule has 0 fully saturated rings. The van der Waals surface area contributed by atoms with Gasteiger partial charge < -0.3 is 0 Å². The molecule has 0 aliphatic heterocycles. The normalized spacial score (nSPS) is 10.7. The predicted octanol–water partition coefficient (Wildman–Crippen LogP) is 2.40. The fourth-order valence-electron chi connectivity index (χ4n) is 1.64. The fourth-order valence-corrected chi connectivity index (χ4v) is 1.64. The summed E-state index contributed by atoms with van der Waals surface area (Å²) in [5.41, 5.74) is 3.41. The third-order valence-corrected chi connectivity index (χ3v) is 2.41. The Morgan fingerprint density at radius 3 is 2.67 bits per heavy atom. The van der Waals surface area contributed by atoms with Gasteiger partial charge in [0.15, 0.2) is 0 Å². The van der Waals surface area contributed by atoms with Crippen molar-refractivity contribution in [2.75, 3.05) is 0 Å². The van der Waals surface area contributed by atoms with E-state index in [1.165, 1.54) is 11.1 Å². The second-order valence-corrected chi connectivity index (χ2v) is 3.38. The minimum absolute atomic E-state index is 1.01. The van der Waals surface area contributed by atoms with E-state index in [-0.39, 0.29) is 0 Å². The van der Waals surface area contributed by atoms with Crippen molar-refractivity contribution >= 4 is 5.52 Å². The van der Waals surface area contributed by atoms with Crippen molar-refractivity contribution in [1.29, 1.82) is 0 Å². The van der Waals surface area contributed by atoms with E-state index in [1.807, 2.05) is 30.5 Å². The zero-order valence-electron chi connectivity index (χ0n) is 8.04. The number of benzene rings is 1. The van der Waals surface area contributed by atoms with Gasteiger partial charge in [0.1, 0.15) is 0 Å². The highest BCUT2D eigenvalue weighted by Gasteiger charge is 1.99. The zero-order valence-corrected chi connectivity index (χ0v) is 8.04. The molecule has 15 heavy (non-hydrogen) atoms. The van der Waals surface area contributed by atoms with E-state index in [4.69, 9.17) is 0 Å². The molecule has 0 aliphatic carbocycles. The van der Waals surface area contributed by atoms with E-state index < -0.39 is 0 Å². The smallest absolute Gasteiger partial charge is 0.0871 e. The molecule has 1 aromatic carbocycles. The van der Waals surface area contributed by atoms with Gasteiger partial charge in [0.2, 0.25) is 0 Å². The predicted molar refractivity (Wildman–Crippen MR) is 58.4 cm³/mol. The minimum atomic E-state index is 1.01. The SMILES string of the molecule is c1ccc(-c2ccn3nncc3c2)cc1. The minimum Gasteiger partial charge on any atom is -0.221 e. The van der Waals surface area contributed by atoms with Gasteiger partial charge in [-0.1, -0.05) is 35.5 Å². The molecule has 2 aromatic heterocycles. The molecule has 0 radical (unpaired) electrons. The van der Waals surface area contributed by atoms with Gasteiger partial charge in [-0.05, 0) is 23.3 Å². The lowest BCUT2D eigenvalue weighted by atomic mass is 10.1. The van der Waals surface area contributed by atoms with Gasteiger partial charge >= 0.3 is 0 Å². The van der Waals surface area contributed by atoms with Gasteiger partial charge in [0.05, 0.1) is 11.7 Å². The van der Waals surface area contributed by atoms with Crippen molar-refractivity contribution in [3.05, 3.63) is 54.9 Å². The number of aromatic nitrogens is 3. The van der Waals surface area contributed by atoms with Crippen molar-refractivity contribution in [2.45, 2.75) is 0 Å². The average molecular weight is 195 g/mol. The maximum absolute atomic E-state index is 3.92. The molecule has 0 aliphatic rings. The molecule has 0 atom stereocenters. The molecule has 0 saturated heterocycles. The molecule has 3 nitrogen and oxygen atoms in total. The lowest BCUT2D eigenvalue weighted by Crippen LogP contribution is -1.86. The molecule has 3 rings (SSSR count). The van der Waals surface area contributed by atoms with Gasteiger partial charge in [-0.3, -0.25) is 0 Å². The molecule has 72 valence electrons. The lowest BCUT2D eigenvalue weighted by molar-refractivity contribution is 0.856. The zero-order chi connectivity index (χ0) is 10.1. The summed E-state index contributed by atoms with van der Waals surface area (Å²) in [6.07, 6.45) is 3.68. The van der Waals surface area contributed by atoms with E-state index in [9.17, 15) is 0 Å². The number of pyridine rings is 1. The number of fused-ring (bicyclic) bond motifs is 1. The van der Waals surface area contributed by atoms with Crippen LogP contribution in [0.25, 0.3) is 16.6 Å². The summed E-state index contributed by atoms with van der Waals surface area (Å²) in [4.78, 5) is 0. The molecule has 3 aromatic rings. The molecular weight excluding hydrogens is 186 g/mol. The molecule has 3 heteroatoms. The van der Waals surface area contributed by atoms with Crippen LogP contribution in [-0.4, -0.2) is 14.8 Å². The van der Waals surface area contributed by atoms with Crippen LogP contribution >= 0.6 is 0 Å². The third-order valence-electron chi connectivity index (χ3n) is 2.41. The van der Waals surface area contributed by atoms with E-state index >= 15 is 0 Å². The lowest BCUT2D eigenvalue weighted by Gasteiger charge is -2.00. The summed E-state index contributed by atoms with van der Waals surface area (Å²) in [6.45, 7) is 0. The Morgan fingerprint density at radius 2 is 1.80 bits per heavy atom. The van der Waals surface area contributed by atoms with E-state index in [2.05, 4.69) is 28.5 Å². The van der Waals surface area contributed by atoms with Crippen molar-refractivity contribution in [3.63, 3.8) is 0 Å². The maximum atomic E-state index is 3.92. The standard InChI is InChI=1S/C12H9N3/c1-2-4-10(5-3-1)11-6-7-15-12(8-11)9-13-14-15/h1-9H. The second-order valence-electron chi connectivity index (χ2n) is 3.38. The van der Waals surface area contributed by atoms with E-state index in [0.717, 1.165) is 5.52 Å². The Hall–Kier alpha value is -2.16. The van der Waals surface area contributed by atoms with E-state index in [1.54, 1.807) is 10.7 Å². The first kappa shape index (κ1) is 8.17. The van der Waals surface area contributed by atoms with Crippen LogP contribution in [0.5, 0.6) is 0 Å². The highest BCUT2D eigenvalue weighted by molar-refractivity contribution is 5.67. The summed E-state index contributed by atoms with van der Waals surface area (Å²) >= 11 is 0. The van der Waals surface area contributed by atoms with Crippen LogP contribution in [-0.2, 0) is 0 Å². The molecule has 0 bridgehead atoms. The van der Waals surface area contributed by atoms with Crippen LogP contribution in [0.3, 0.4) is 0 Å². The van der Waals surface area contributed by atoms with Crippen molar-refractivity contribution in [3.8, 4) is 11.1 Å². The van der Waals surface area contributed by atoms with Gasteiger partial charge in [0, 0.05) is 6.20 Å². The summed E-state index contributed by atoms with van der Waals surface area (Å²) in [6, 6.07) is 14.4. The summed E-state index contributed by atoms with van der Waals surface area (Å²) < 4.78 is 1.76. The molecule has 0 amide bonds. The Labute approximate surface area is 87.0 Å². The topological polar surface area (TPSA) is 30.2 Å². The number of nitrogens with zero attached hydrogens (tertiary/aromatic N) is 3. The van der Waals surface area contributed by atoms with Gasteiger partial charge in [0.25, 0.3) is 0 Å². The largest absolute Gasteiger partial charge is 0.221 e. The Balaban J connectivity index is 2.19. The van der Waals surface area contributed by atoms with Gasteiger partial charge in [-0.15, -0.1) is 5.10 Å².